The third-order valence-electron chi connectivity index (χ3n) is 4.16. The lowest BCUT2D eigenvalue weighted by Gasteiger charge is -2.16. The maximum Gasteiger partial charge on any atom is 0.274 e. The molecule has 1 atom stereocenters. The van der Waals surface area contributed by atoms with Crippen molar-refractivity contribution in [2.45, 2.75) is 19.4 Å². The Hall–Kier alpha value is -2.64. The van der Waals surface area contributed by atoms with Gasteiger partial charge in [0, 0.05) is 23.3 Å². The molecule has 3 rings (SSSR count). The van der Waals surface area contributed by atoms with Crippen LogP contribution in [0.5, 0.6) is 0 Å². The molecular formula is C20H14BrCl3N6O2. The summed E-state index contributed by atoms with van der Waals surface area (Å²) < 4.78 is 1.63. The van der Waals surface area contributed by atoms with Gasteiger partial charge in [0.25, 0.3) is 11.8 Å². The highest BCUT2D eigenvalue weighted by Crippen LogP contribution is 2.31. The number of carbonyl (C=O) groups is 2. The van der Waals surface area contributed by atoms with Gasteiger partial charge >= 0.3 is 0 Å². The number of benzene rings is 1. The Morgan fingerprint density at radius 1 is 1.22 bits per heavy atom. The largest absolute Gasteiger partial charge is 0.348 e. The highest BCUT2D eigenvalue weighted by atomic mass is 79.9. The number of rotatable bonds is 6. The predicted octanol–water partition coefficient (Wildman–Crippen LogP) is 5.27. The van der Waals surface area contributed by atoms with Crippen molar-refractivity contribution in [3.8, 4) is 11.9 Å². The first-order valence-corrected chi connectivity index (χ1v) is 11.0. The fourth-order valence-electron chi connectivity index (χ4n) is 2.76. The van der Waals surface area contributed by atoms with Crippen molar-refractivity contribution >= 4 is 68.2 Å². The van der Waals surface area contributed by atoms with Crippen LogP contribution in [0, 0.1) is 11.3 Å². The summed E-state index contributed by atoms with van der Waals surface area (Å²) in [6, 6.07) is 9.07. The Balaban J connectivity index is 1.99. The summed E-state index contributed by atoms with van der Waals surface area (Å²) >= 11 is 21.8. The number of pyridine rings is 1. The number of nitrogens with zero attached hydrogens (tertiary/aromatic N) is 4. The van der Waals surface area contributed by atoms with E-state index in [2.05, 4.69) is 36.6 Å². The summed E-state index contributed by atoms with van der Waals surface area (Å²) in [5.74, 6) is -0.918. The van der Waals surface area contributed by atoms with E-state index in [-0.39, 0.29) is 44.3 Å². The molecular weight excluding hydrogens is 543 g/mol. The second-order valence-electron chi connectivity index (χ2n) is 6.57. The van der Waals surface area contributed by atoms with Crippen LogP contribution < -0.4 is 10.6 Å². The van der Waals surface area contributed by atoms with Crippen LogP contribution in [-0.2, 0) is 0 Å². The lowest BCUT2D eigenvalue weighted by Crippen LogP contribution is -2.33. The number of nitriles is 1. The lowest BCUT2D eigenvalue weighted by molar-refractivity contribution is 0.0941. The van der Waals surface area contributed by atoms with Crippen molar-refractivity contribution < 1.29 is 9.59 Å². The number of nitrogens with one attached hydrogen (secondary N) is 2. The molecule has 0 saturated carbocycles. The molecule has 8 nitrogen and oxygen atoms in total. The Labute approximate surface area is 206 Å². The molecule has 2 N–H and O–H groups in total. The van der Waals surface area contributed by atoms with Gasteiger partial charge in [-0.1, -0.05) is 34.8 Å². The average molecular weight is 557 g/mol. The molecule has 0 radical (unpaired) electrons. The van der Waals surface area contributed by atoms with E-state index in [4.69, 9.17) is 40.1 Å². The second-order valence-corrected chi connectivity index (χ2v) is 8.64. The predicted molar refractivity (Wildman–Crippen MR) is 126 cm³/mol. The first-order valence-electron chi connectivity index (χ1n) is 9.06. The van der Waals surface area contributed by atoms with Crippen molar-refractivity contribution in [2.24, 2.45) is 0 Å². The van der Waals surface area contributed by atoms with E-state index >= 15 is 0 Å². The van der Waals surface area contributed by atoms with Gasteiger partial charge in [-0.05, 0) is 47.1 Å². The zero-order valence-corrected chi connectivity index (χ0v) is 20.2. The van der Waals surface area contributed by atoms with E-state index in [1.165, 1.54) is 29.1 Å². The summed E-state index contributed by atoms with van der Waals surface area (Å²) in [5.41, 5.74) is 0.188. The van der Waals surface area contributed by atoms with E-state index in [0.29, 0.717) is 4.60 Å². The van der Waals surface area contributed by atoms with E-state index in [0.717, 1.165) is 0 Å². The Bertz CT molecular complexity index is 1240. The number of carbonyl (C=O) groups excluding carboxylic acids is 2. The minimum atomic E-state index is -0.617. The van der Waals surface area contributed by atoms with Gasteiger partial charge in [-0.15, -0.1) is 0 Å². The molecule has 0 bridgehead atoms. The molecule has 0 fully saturated rings. The molecule has 2 heterocycles. The van der Waals surface area contributed by atoms with Gasteiger partial charge in [0.1, 0.15) is 10.3 Å². The molecule has 0 aliphatic rings. The number of anilines is 1. The molecule has 3 aromatic rings. The molecule has 0 aliphatic carbocycles. The molecule has 2 amide bonds. The first-order chi connectivity index (χ1) is 15.2. The summed E-state index contributed by atoms with van der Waals surface area (Å²) in [6.45, 7) is 1.68. The number of aromatic nitrogens is 3. The van der Waals surface area contributed by atoms with Crippen molar-refractivity contribution in [3.63, 3.8) is 0 Å². The standard InChI is InChI=1S/C20H14BrCl3N6O2/c1-10(4-5-25)27-19(31)12-7-11(22)8-14(24)17(12)28-20(32)15-9-16(21)29-30(15)18-13(23)3-2-6-26-18/h2-3,6-10H,4H2,1H3,(H,27,31)(H,28,32). The van der Waals surface area contributed by atoms with Crippen LogP contribution in [0.1, 0.15) is 34.2 Å². The smallest absolute Gasteiger partial charge is 0.274 e. The molecule has 12 heteroatoms. The number of amides is 2. The first kappa shape index (κ1) is 24.0. The molecule has 32 heavy (non-hydrogen) atoms. The average Bonchev–Trinajstić information content (AvgIpc) is 3.11. The van der Waals surface area contributed by atoms with E-state index in [1.807, 2.05) is 6.07 Å². The van der Waals surface area contributed by atoms with Crippen LogP contribution in [0.25, 0.3) is 5.82 Å². The second kappa shape index (κ2) is 10.3. The van der Waals surface area contributed by atoms with Gasteiger partial charge in [-0.25, -0.2) is 9.67 Å². The SMILES string of the molecule is CC(CC#N)NC(=O)c1cc(Cl)cc(Cl)c1NC(=O)c1cc(Br)nn1-c1ncccc1Cl. The van der Waals surface area contributed by atoms with Crippen LogP contribution >= 0.6 is 50.7 Å². The fraction of sp³-hybridized carbons (Fsp3) is 0.150. The molecule has 0 spiro atoms. The minimum Gasteiger partial charge on any atom is -0.348 e. The Morgan fingerprint density at radius 2 is 1.97 bits per heavy atom. The zero-order valence-electron chi connectivity index (χ0n) is 16.4. The zero-order chi connectivity index (χ0) is 23.4. The van der Waals surface area contributed by atoms with Crippen molar-refractivity contribution in [1.29, 1.82) is 5.26 Å². The molecule has 0 aliphatic heterocycles. The number of hydrogen-bond donors (Lipinski definition) is 2. The van der Waals surface area contributed by atoms with Gasteiger partial charge in [0.15, 0.2) is 5.82 Å². The summed E-state index contributed by atoms with van der Waals surface area (Å²) in [5, 5.41) is 18.9. The van der Waals surface area contributed by atoms with Crippen LogP contribution in [0.3, 0.4) is 0 Å². The van der Waals surface area contributed by atoms with Gasteiger partial charge in [0.05, 0.1) is 33.8 Å². The van der Waals surface area contributed by atoms with Crippen LogP contribution in [0.2, 0.25) is 15.1 Å². The van der Waals surface area contributed by atoms with Gasteiger partial charge in [0.2, 0.25) is 0 Å². The van der Waals surface area contributed by atoms with E-state index in [1.54, 1.807) is 19.1 Å². The topological polar surface area (TPSA) is 113 Å². The van der Waals surface area contributed by atoms with E-state index < -0.39 is 17.9 Å². The number of hydrogen-bond acceptors (Lipinski definition) is 5. The normalized spacial score (nSPS) is 11.5. The quantitative estimate of drug-likeness (QED) is 0.429. The van der Waals surface area contributed by atoms with E-state index in [9.17, 15) is 9.59 Å². The third-order valence-corrected chi connectivity index (χ3v) is 5.36. The lowest BCUT2D eigenvalue weighted by atomic mass is 10.1. The van der Waals surface area contributed by atoms with Crippen LogP contribution in [-0.4, -0.2) is 32.6 Å². The molecule has 1 unspecified atom stereocenters. The van der Waals surface area contributed by atoms with Crippen molar-refractivity contribution in [3.05, 3.63) is 67.5 Å². The maximum atomic E-state index is 13.1. The van der Waals surface area contributed by atoms with Crippen molar-refractivity contribution in [2.75, 3.05) is 5.32 Å². The Morgan fingerprint density at radius 3 is 2.66 bits per heavy atom. The third kappa shape index (κ3) is 5.40. The molecule has 164 valence electrons. The monoisotopic (exact) mass is 554 g/mol. The minimum absolute atomic E-state index is 0.0432. The van der Waals surface area contributed by atoms with Crippen molar-refractivity contribution in [1.82, 2.24) is 20.1 Å². The molecule has 0 saturated heterocycles. The fourth-order valence-corrected chi connectivity index (χ4v) is 3.87. The Kier molecular flexibility index (Phi) is 7.74. The number of halogens is 4. The highest BCUT2D eigenvalue weighted by Gasteiger charge is 2.23. The van der Waals surface area contributed by atoms with Crippen LogP contribution in [0.4, 0.5) is 5.69 Å². The molecule has 2 aromatic heterocycles. The van der Waals surface area contributed by atoms with Gasteiger partial charge in [-0.3, -0.25) is 9.59 Å². The highest BCUT2D eigenvalue weighted by molar-refractivity contribution is 9.10. The maximum absolute atomic E-state index is 13.1. The van der Waals surface area contributed by atoms with Gasteiger partial charge < -0.3 is 10.6 Å². The summed E-state index contributed by atoms with van der Waals surface area (Å²) in [4.78, 5) is 30.1. The summed E-state index contributed by atoms with van der Waals surface area (Å²) in [6.07, 6.45) is 1.62. The molecule has 1 aromatic carbocycles. The summed E-state index contributed by atoms with van der Waals surface area (Å²) in [7, 11) is 0. The van der Waals surface area contributed by atoms with Crippen LogP contribution in [0.15, 0.2) is 41.1 Å². The van der Waals surface area contributed by atoms with Gasteiger partial charge in [-0.2, -0.15) is 10.4 Å².